The maximum Gasteiger partial charge on any atom is 0.277 e. The number of hydrogen-bond acceptors (Lipinski definition) is 4. The number of aromatic nitrogens is 1. The van der Waals surface area contributed by atoms with Crippen molar-refractivity contribution in [1.82, 2.24) is 5.16 Å². The molecule has 0 radical (unpaired) electrons. The molecule has 5 nitrogen and oxygen atoms in total. The fraction of sp³-hybridized carbons (Fsp3) is 0.111. The van der Waals surface area contributed by atoms with Crippen molar-refractivity contribution >= 4 is 28.9 Å². The quantitative estimate of drug-likeness (QED) is 0.747. The van der Waals surface area contributed by atoms with Gasteiger partial charge in [-0.1, -0.05) is 28.9 Å². The third-order valence-electron chi connectivity index (χ3n) is 3.57. The summed E-state index contributed by atoms with van der Waals surface area (Å²) in [5, 5.41) is 6.97. The average Bonchev–Trinajstić information content (AvgIpc) is 3.05. The lowest BCUT2D eigenvalue weighted by Gasteiger charge is -2.17. The summed E-state index contributed by atoms with van der Waals surface area (Å²) in [5.41, 5.74) is 1.61. The molecule has 25 heavy (non-hydrogen) atoms. The Kier molecular flexibility index (Phi) is 4.72. The minimum absolute atomic E-state index is 0.0444. The first-order valence-electron chi connectivity index (χ1n) is 7.45. The lowest BCUT2D eigenvalue weighted by atomic mass is 10.1. The molecule has 0 aliphatic carbocycles. The maximum absolute atomic E-state index is 13.8. The third kappa shape index (κ3) is 3.64. The molecule has 1 heterocycles. The van der Waals surface area contributed by atoms with Gasteiger partial charge in [-0.2, -0.15) is 0 Å². The second kappa shape index (κ2) is 6.94. The summed E-state index contributed by atoms with van der Waals surface area (Å²) >= 11 is 6.01. The zero-order valence-electron chi connectivity index (χ0n) is 13.6. The van der Waals surface area contributed by atoms with Gasteiger partial charge < -0.3 is 14.7 Å². The van der Waals surface area contributed by atoms with Crippen LogP contribution in [0.2, 0.25) is 5.02 Å². The van der Waals surface area contributed by atoms with Crippen molar-refractivity contribution in [2.75, 3.05) is 24.3 Å². The van der Waals surface area contributed by atoms with Gasteiger partial charge in [0.25, 0.3) is 5.91 Å². The second-order valence-electron chi connectivity index (χ2n) is 5.57. The van der Waals surface area contributed by atoms with Crippen LogP contribution < -0.4 is 10.2 Å². The summed E-state index contributed by atoms with van der Waals surface area (Å²) in [6.45, 7) is 0. The summed E-state index contributed by atoms with van der Waals surface area (Å²) < 4.78 is 18.9. The van der Waals surface area contributed by atoms with E-state index in [9.17, 15) is 9.18 Å². The Labute approximate surface area is 149 Å². The van der Waals surface area contributed by atoms with Crippen molar-refractivity contribution in [3.63, 3.8) is 0 Å². The molecule has 1 N–H and O–H groups in total. The Morgan fingerprint density at radius 2 is 1.96 bits per heavy atom. The topological polar surface area (TPSA) is 58.4 Å². The molecule has 0 aliphatic rings. The minimum Gasteiger partial charge on any atom is -0.376 e. The van der Waals surface area contributed by atoms with E-state index in [1.807, 2.05) is 19.0 Å². The summed E-state index contributed by atoms with van der Waals surface area (Å²) in [4.78, 5) is 14.3. The number of halogens is 2. The summed E-state index contributed by atoms with van der Waals surface area (Å²) in [7, 11) is 3.70. The molecular formula is C18H15ClFN3O2. The van der Waals surface area contributed by atoms with Gasteiger partial charge in [0.1, 0.15) is 5.82 Å². The lowest BCUT2D eigenvalue weighted by molar-refractivity contribution is 0.101. The molecule has 0 bridgehead atoms. The van der Waals surface area contributed by atoms with Crippen LogP contribution in [0.1, 0.15) is 10.5 Å². The summed E-state index contributed by atoms with van der Waals surface area (Å²) in [6, 6.07) is 12.7. The van der Waals surface area contributed by atoms with Crippen LogP contribution in [0.3, 0.4) is 0 Å². The van der Waals surface area contributed by atoms with Crippen LogP contribution in [0, 0.1) is 5.82 Å². The molecular weight excluding hydrogens is 345 g/mol. The monoisotopic (exact) mass is 359 g/mol. The van der Waals surface area contributed by atoms with Crippen molar-refractivity contribution < 1.29 is 13.7 Å². The summed E-state index contributed by atoms with van der Waals surface area (Å²) in [6.07, 6.45) is 0. The SMILES string of the molecule is CN(C)c1ccc(Cl)cc1NC(=O)c1cc(-c2ccccc2F)on1. The van der Waals surface area contributed by atoms with E-state index in [0.29, 0.717) is 10.7 Å². The number of carbonyl (C=O) groups is 1. The van der Waals surface area contributed by atoms with Crippen molar-refractivity contribution in [3.8, 4) is 11.3 Å². The van der Waals surface area contributed by atoms with E-state index >= 15 is 0 Å². The van der Waals surface area contributed by atoms with Crippen LogP contribution in [0.4, 0.5) is 15.8 Å². The zero-order valence-corrected chi connectivity index (χ0v) is 14.3. The molecule has 1 aromatic heterocycles. The predicted octanol–water partition coefficient (Wildman–Crippen LogP) is 4.45. The van der Waals surface area contributed by atoms with E-state index in [-0.39, 0.29) is 17.0 Å². The molecule has 0 spiro atoms. The molecule has 0 saturated carbocycles. The molecule has 7 heteroatoms. The number of carbonyl (C=O) groups excluding carboxylic acids is 1. The van der Waals surface area contributed by atoms with E-state index < -0.39 is 11.7 Å². The van der Waals surface area contributed by atoms with E-state index in [2.05, 4.69) is 10.5 Å². The van der Waals surface area contributed by atoms with Gasteiger partial charge in [0.2, 0.25) is 0 Å². The molecule has 2 aromatic carbocycles. The van der Waals surface area contributed by atoms with Gasteiger partial charge in [-0.15, -0.1) is 0 Å². The van der Waals surface area contributed by atoms with Gasteiger partial charge >= 0.3 is 0 Å². The number of nitrogens with zero attached hydrogens (tertiary/aromatic N) is 2. The molecule has 0 saturated heterocycles. The Bertz CT molecular complexity index is 924. The van der Waals surface area contributed by atoms with Gasteiger partial charge in [0.05, 0.1) is 16.9 Å². The molecule has 3 aromatic rings. The molecule has 0 fully saturated rings. The first kappa shape index (κ1) is 17.0. The highest BCUT2D eigenvalue weighted by Crippen LogP contribution is 2.29. The fourth-order valence-corrected chi connectivity index (χ4v) is 2.53. The van der Waals surface area contributed by atoms with Crippen molar-refractivity contribution in [2.24, 2.45) is 0 Å². The van der Waals surface area contributed by atoms with E-state index in [4.69, 9.17) is 16.1 Å². The predicted molar refractivity (Wildman–Crippen MR) is 95.6 cm³/mol. The molecule has 0 aliphatic heterocycles. The second-order valence-corrected chi connectivity index (χ2v) is 6.00. The molecule has 128 valence electrons. The smallest absolute Gasteiger partial charge is 0.277 e. The van der Waals surface area contributed by atoms with E-state index in [1.165, 1.54) is 12.1 Å². The Hall–Kier alpha value is -2.86. The molecule has 0 atom stereocenters. The first-order chi connectivity index (χ1) is 12.0. The van der Waals surface area contributed by atoms with Crippen LogP contribution in [0.5, 0.6) is 0 Å². The molecule has 1 amide bonds. The number of anilines is 2. The Morgan fingerprint density at radius 1 is 1.20 bits per heavy atom. The highest BCUT2D eigenvalue weighted by Gasteiger charge is 2.17. The van der Waals surface area contributed by atoms with Crippen LogP contribution in [-0.4, -0.2) is 25.2 Å². The standard InChI is InChI=1S/C18H15ClFN3O2/c1-23(2)16-8-7-11(19)9-14(16)21-18(24)15-10-17(25-22-15)12-5-3-4-6-13(12)20/h3-10H,1-2H3,(H,21,24). The van der Waals surface area contributed by atoms with Crippen LogP contribution in [0.15, 0.2) is 53.1 Å². The van der Waals surface area contributed by atoms with E-state index in [1.54, 1.807) is 36.4 Å². The number of nitrogens with one attached hydrogen (secondary N) is 1. The average molecular weight is 360 g/mol. The van der Waals surface area contributed by atoms with Gasteiger partial charge in [0, 0.05) is 25.2 Å². The third-order valence-corrected chi connectivity index (χ3v) is 3.81. The Morgan fingerprint density at radius 3 is 2.68 bits per heavy atom. The van der Waals surface area contributed by atoms with Crippen molar-refractivity contribution in [2.45, 2.75) is 0 Å². The minimum atomic E-state index is -0.475. The van der Waals surface area contributed by atoms with Gasteiger partial charge in [-0.25, -0.2) is 4.39 Å². The number of amides is 1. The number of benzene rings is 2. The van der Waals surface area contributed by atoms with Crippen LogP contribution >= 0.6 is 11.6 Å². The van der Waals surface area contributed by atoms with Crippen molar-refractivity contribution in [3.05, 3.63) is 65.1 Å². The number of hydrogen-bond donors (Lipinski definition) is 1. The maximum atomic E-state index is 13.8. The van der Waals surface area contributed by atoms with Gasteiger partial charge in [0.15, 0.2) is 11.5 Å². The first-order valence-corrected chi connectivity index (χ1v) is 7.83. The fourth-order valence-electron chi connectivity index (χ4n) is 2.35. The van der Waals surface area contributed by atoms with Gasteiger partial charge in [-0.05, 0) is 30.3 Å². The number of rotatable bonds is 4. The highest BCUT2D eigenvalue weighted by atomic mass is 35.5. The Balaban J connectivity index is 1.86. The molecule has 0 unspecified atom stereocenters. The van der Waals surface area contributed by atoms with E-state index in [0.717, 1.165) is 5.69 Å². The highest BCUT2D eigenvalue weighted by molar-refractivity contribution is 6.31. The lowest BCUT2D eigenvalue weighted by Crippen LogP contribution is -2.17. The summed E-state index contributed by atoms with van der Waals surface area (Å²) in [5.74, 6) is -0.741. The van der Waals surface area contributed by atoms with Crippen LogP contribution in [0.25, 0.3) is 11.3 Å². The van der Waals surface area contributed by atoms with Crippen LogP contribution in [-0.2, 0) is 0 Å². The zero-order chi connectivity index (χ0) is 18.0. The van der Waals surface area contributed by atoms with Gasteiger partial charge in [-0.3, -0.25) is 4.79 Å². The normalized spacial score (nSPS) is 10.6. The largest absolute Gasteiger partial charge is 0.376 e. The molecule has 3 rings (SSSR count). The van der Waals surface area contributed by atoms with Crippen molar-refractivity contribution in [1.29, 1.82) is 0 Å².